The van der Waals surface area contributed by atoms with Crippen molar-refractivity contribution in [3.8, 4) is 0 Å². The molecule has 0 radical (unpaired) electrons. The van der Waals surface area contributed by atoms with Gasteiger partial charge in [0.15, 0.2) is 0 Å². The molecule has 1 aliphatic carbocycles. The van der Waals surface area contributed by atoms with Crippen molar-refractivity contribution in [2.75, 3.05) is 10.8 Å². The standard InChI is InChI=1S/C31H35Cl2N3O4S/c1-3-28(31(38)34-25-12-6-7-13-25)35(20-23-11-5-8-14-27(23)33)30(37)21-36(29-15-9-4-10-22(29)2)41(39,40)26-18-16-24(32)17-19-26/h4-5,8-11,14-19,25,28H,3,6-7,12-13,20-21H2,1-2H3,(H,34,38)/t28-/m1/s1. The van der Waals surface area contributed by atoms with Crippen LogP contribution in [0.1, 0.15) is 50.2 Å². The van der Waals surface area contributed by atoms with Gasteiger partial charge in [-0.15, -0.1) is 0 Å². The number of halogens is 2. The molecule has 0 bridgehead atoms. The SMILES string of the molecule is CC[C@H](C(=O)NC1CCCC1)N(Cc1ccccc1Cl)C(=O)CN(c1ccccc1C)S(=O)(=O)c1ccc(Cl)cc1. The summed E-state index contributed by atoms with van der Waals surface area (Å²) in [6, 6.07) is 19.2. The van der Waals surface area contributed by atoms with E-state index < -0.39 is 28.5 Å². The van der Waals surface area contributed by atoms with Gasteiger partial charge in [-0.2, -0.15) is 0 Å². The van der Waals surface area contributed by atoms with E-state index in [4.69, 9.17) is 23.2 Å². The maximum atomic E-state index is 14.2. The molecular weight excluding hydrogens is 581 g/mol. The number of amides is 2. The molecule has 1 aliphatic rings. The van der Waals surface area contributed by atoms with Crippen LogP contribution in [0.4, 0.5) is 5.69 Å². The molecule has 0 aromatic heterocycles. The van der Waals surface area contributed by atoms with Gasteiger partial charge in [-0.25, -0.2) is 8.42 Å². The van der Waals surface area contributed by atoms with E-state index in [9.17, 15) is 18.0 Å². The van der Waals surface area contributed by atoms with Crippen LogP contribution in [0.5, 0.6) is 0 Å². The second-order valence-corrected chi connectivity index (χ2v) is 13.0. The predicted octanol–water partition coefficient (Wildman–Crippen LogP) is 6.36. The van der Waals surface area contributed by atoms with Crippen LogP contribution in [0.2, 0.25) is 10.0 Å². The van der Waals surface area contributed by atoms with E-state index in [0.29, 0.717) is 33.3 Å². The summed E-state index contributed by atoms with van der Waals surface area (Å²) in [5, 5.41) is 3.97. The van der Waals surface area contributed by atoms with E-state index in [1.807, 2.05) is 13.0 Å². The number of nitrogens with zero attached hydrogens (tertiary/aromatic N) is 2. The summed E-state index contributed by atoms with van der Waals surface area (Å²) < 4.78 is 29.1. The molecule has 2 amide bonds. The monoisotopic (exact) mass is 615 g/mol. The summed E-state index contributed by atoms with van der Waals surface area (Å²) in [7, 11) is -4.17. The third-order valence-electron chi connectivity index (χ3n) is 7.45. The Morgan fingerprint density at radius 3 is 2.22 bits per heavy atom. The lowest BCUT2D eigenvalue weighted by Gasteiger charge is -2.34. The Bertz CT molecular complexity index is 1470. The average molecular weight is 617 g/mol. The fraction of sp³-hybridized carbons (Fsp3) is 0.355. The molecule has 0 heterocycles. The lowest BCUT2D eigenvalue weighted by Crippen LogP contribution is -2.53. The van der Waals surface area contributed by atoms with Gasteiger partial charge >= 0.3 is 0 Å². The molecule has 3 aromatic rings. The lowest BCUT2D eigenvalue weighted by atomic mass is 10.1. The number of aryl methyl sites for hydroxylation is 1. The van der Waals surface area contributed by atoms with Crippen LogP contribution in [0, 0.1) is 6.92 Å². The first-order valence-electron chi connectivity index (χ1n) is 13.8. The van der Waals surface area contributed by atoms with Gasteiger partial charge < -0.3 is 10.2 Å². The third kappa shape index (κ3) is 7.42. The number of hydrogen-bond donors (Lipinski definition) is 1. The normalized spacial score (nSPS) is 14.4. The van der Waals surface area contributed by atoms with Crippen LogP contribution in [-0.2, 0) is 26.2 Å². The Morgan fingerprint density at radius 1 is 0.951 bits per heavy atom. The summed E-state index contributed by atoms with van der Waals surface area (Å²) in [4.78, 5) is 29.2. The molecule has 10 heteroatoms. The molecule has 0 spiro atoms. The highest BCUT2D eigenvalue weighted by molar-refractivity contribution is 7.92. The topological polar surface area (TPSA) is 86.8 Å². The van der Waals surface area contributed by atoms with E-state index in [2.05, 4.69) is 5.32 Å². The fourth-order valence-electron chi connectivity index (χ4n) is 5.19. The number of carbonyl (C=O) groups excluding carboxylic acids is 2. The maximum Gasteiger partial charge on any atom is 0.264 e. The van der Waals surface area contributed by atoms with E-state index >= 15 is 0 Å². The van der Waals surface area contributed by atoms with Crippen LogP contribution >= 0.6 is 23.2 Å². The lowest BCUT2D eigenvalue weighted by molar-refractivity contribution is -0.140. The van der Waals surface area contributed by atoms with Crippen LogP contribution in [0.3, 0.4) is 0 Å². The zero-order valence-corrected chi connectivity index (χ0v) is 25.6. The minimum absolute atomic E-state index is 0.00150. The molecule has 1 atom stereocenters. The zero-order chi connectivity index (χ0) is 29.6. The van der Waals surface area contributed by atoms with Crippen LogP contribution < -0.4 is 9.62 Å². The summed E-state index contributed by atoms with van der Waals surface area (Å²) in [5.41, 5.74) is 1.72. The predicted molar refractivity (Wildman–Crippen MR) is 164 cm³/mol. The molecule has 0 saturated heterocycles. The molecule has 0 aliphatic heterocycles. The molecule has 3 aromatic carbocycles. The van der Waals surface area contributed by atoms with Crippen molar-refractivity contribution < 1.29 is 18.0 Å². The zero-order valence-electron chi connectivity index (χ0n) is 23.2. The van der Waals surface area contributed by atoms with E-state index in [0.717, 1.165) is 30.0 Å². The molecular formula is C31H35Cl2N3O4S. The quantitative estimate of drug-likeness (QED) is 0.272. The second-order valence-electron chi connectivity index (χ2n) is 10.3. The molecule has 7 nitrogen and oxygen atoms in total. The number of sulfonamides is 1. The molecule has 1 fully saturated rings. The Kier molecular flexibility index (Phi) is 10.3. The molecule has 41 heavy (non-hydrogen) atoms. The molecule has 1 N–H and O–H groups in total. The number of anilines is 1. The van der Waals surface area contributed by atoms with Gasteiger partial charge in [0.2, 0.25) is 11.8 Å². The van der Waals surface area contributed by atoms with Gasteiger partial charge in [0.25, 0.3) is 10.0 Å². The maximum absolute atomic E-state index is 14.2. The van der Waals surface area contributed by atoms with E-state index in [1.165, 1.54) is 29.2 Å². The fourth-order valence-corrected chi connectivity index (χ4v) is 6.99. The highest BCUT2D eigenvalue weighted by atomic mass is 35.5. The van der Waals surface area contributed by atoms with E-state index in [-0.39, 0.29) is 23.4 Å². The summed E-state index contributed by atoms with van der Waals surface area (Å²) in [5.74, 6) is -0.762. The van der Waals surface area contributed by atoms with Crippen molar-refractivity contribution in [1.82, 2.24) is 10.2 Å². The van der Waals surface area contributed by atoms with Gasteiger partial charge in [-0.05, 0) is 73.7 Å². The highest BCUT2D eigenvalue weighted by Crippen LogP contribution is 2.29. The van der Waals surface area contributed by atoms with Crippen molar-refractivity contribution in [3.05, 3.63) is 94.0 Å². The Hall–Kier alpha value is -3.07. The second kappa shape index (κ2) is 13.7. The van der Waals surface area contributed by atoms with E-state index in [1.54, 1.807) is 49.4 Å². The van der Waals surface area contributed by atoms with Crippen molar-refractivity contribution in [1.29, 1.82) is 0 Å². The van der Waals surface area contributed by atoms with Crippen molar-refractivity contribution in [3.63, 3.8) is 0 Å². The van der Waals surface area contributed by atoms with Crippen molar-refractivity contribution in [2.24, 2.45) is 0 Å². The number of hydrogen-bond acceptors (Lipinski definition) is 4. The first kappa shape index (κ1) is 30.9. The van der Waals surface area contributed by atoms with Crippen molar-refractivity contribution >= 4 is 50.7 Å². The molecule has 1 saturated carbocycles. The summed E-state index contributed by atoms with van der Waals surface area (Å²) in [6.45, 7) is 3.18. The average Bonchev–Trinajstić information content (AvgIpc) is 3.46. The first-order chi connectivity index (χ1) is 19.6. The summed E-state index contributed by atoms with van der Waals surface area (Å²) >= 11 is 12.5. The van der Waals surface area contributed by atoms with Crippen molar-refractivity contribution in [2.45, 2.75) is 69.5 Å². The number of rotatable bonds is 11. The number of carbonyl (C=O) groups is 2. The van der Waals surface area contributed by atoms with Gasteiger partial charge in [-0.1, -0.05) is 79.4 Å². The Morgan fingerprint density at radius 2 is 1.59 bits per heavy atom. The van der Waals surface area contributed by atoms with Gasteiger partial charge in [-0.3, -0.25) is 13.9 Å². The van der Waals surface area contributed by atoms with Gasteiger partial charge in [0, 0.05) is 22.6 Å². The number of nitrogens with one attached hydrogen (secondary N) is 1. The van der Waals surface area contributed by atoms with Crippen LogP contribution in [0.25, 0.3) is 0 Å². The Labute approximate surface area is 252 Å². The molecule has 218 valence electrons. The summed E-state index contributed by atoms with van der Waals surface area (Å²) in [6.07, 6.45) is 4.26. The third-order valence-corrected chi connectivity index (χ3v) is 9.85. The smallest absolute Gasteiger partial charge is 0.264 e. The first-order valence-corrected chi connectivity index (χ1v) is 16.0. The van der Waals surface area contributed by atoms with Crippen LogP contribution in [0.15, 0.2) is 77.7 Å². The molecule has 0 unspecified atom stereocenters. The number of benzene rings is 3. The largest absolute Gasteiger partial charge is 0.352 e. The van der Waals surface area contributed by atoms with Gasteiger partial charge in [0.1, 0.15) is 12.6 Å². The molecule has 4 rings (SSSR count). The van der Waals surface area contributed by atoms with Crippen LogP contribution in [-0.4, -0.2) is 43.8 Å². The Balaban J connectivity index is 1.73. The minimum atomic E-state index is -4.17. The highest BCUT2D eigenvalue weighted by Gasteiger charge is 2.35. The minimum Gasteiger partial charge on any atom is -0.352 e. The number of para-hydroxylation sites is 1. The van der Waals surface area contributed by atoms with Gasteiger partial charge in [0.05, 0.1) is 10.6 Å².